The van der Waals surface area contributed by atoms with Crippen molar-refractivity contribution in [1.29, 1.82) is 0 Å². The van der Waals surface area contributed by atoms with Gasteiger partial charge in [0, 0.05) is 19.6 Å². The van der Waals surface area contributed by atoms with Gasteiger partial charge >= 0.3 is 5.97 Å². The number of hydrogen-bond acceptors (Lipinski definition) is 4. The second-order valence-corrected chi connectivity index (χ2v) is 6.38. The molecule has 4 heteroatoms. The molecule has 0 amide bonds. The van der Waals surface area contributed by atoms with Gasteiger partial charge in [0.2, 0.25) is 0 Å². The summed E-state index contributed by atoms with van der Waals surface area (Å²) in [5, 5.41) is 3.36. The molecule has 102 valence electrons. The lowest BCUT2D eigenvalue weighted by Crippen LogP contribution is -2.43. The molecule has 0 aromatic heterocycles. The number of ether oxygens (including phenoxy) is 1. The molecule has 17 heavy (non-hydrogen) atoms. The highest BCUT2D eigenvalue weighted by molar-refractivity contribution is 5.76. The Labute approximate surface area is 106 Å². The van der Waals surface area contributed by atoms with Gasteiger partial charge < -0.3 is 15.0 Å². The van der Waals surface area contributed by atoms with Crippen molar-refractivity contribution >= 4 is 5.97 Å². The summed E-state index contributed by atoms with van der Waals surface area (Å²) in [5.74, 6) is -0.171. The predicted octanol–water partition coefficient (Wildman–Crippen LogP) is 1.36. The average Bonchev–Trinajstić information content (AvgIpc) is 2.13. The van der Waals surface area contributed by atoms with Gasteiger partial charge in [-0.2, -0.15) is 0 Å². The van der Waals surface area contributed by atoms with E-state index in [4.69, 9.17) is 4.74 Å². The predicted molar refractivity (Wildman–Crippen MR) is 71.0 cm³/mol. The van der Waals surface area contributed by atoms with Crippen LogP contribution in [0.4, 0.5) is 0 Å². The third kappa shape index (κ3) is 6.64. The number of nitrogens with one attached hydrogen (secondary N) is 1. The lowest BCUT2D eigenvalue weighted by Gasteiger charge is -2.30. The summed E-state index contributed by atoms with van der Waals surface area (Å²) in [6.07, 6.45) is 0. The molecule has 0 radical (unpaired) electrons. The summed E-state index contributed by atoms with van der Waals surface area (Å²) >= 11 is 0. The van der Waals surface area contributed by atoms with E-state index in [1.54, 1.807) is 0 Å². The topological polar surface area (TPSA) is 41.6 Å². The molecule has 0 spiro atoms. The Kier molecular flexibility index (Phi) is 6.13. The van der Waals surface area contributed by atoms with Crippen LogP contribution in [-0.2, 0) is 9.53 Å². The zero-order valence-corrected chi connectivity index (χ0v) is 12.4. The Morgan fingerprint density at radius 3 is 2.12 bits per heavy atom. The van der Waals surface area contributed by atoms with Crippen LogP contribution in [0.3, 0.4) is 0 Å². The number of nitrogens with zero attached hydrogens (tertiary/aromatic N) is 1. The fraction of sp³-hybridized carbons (Fsp3) is 0.923. The molecular formula is C13H28N2O2. The van der Waals surface area contributed by atoms with Gasteiger partial charge in [-0.05, 0) is 33.4 Å². The van der Waals surface area contributed by atoms with Gasteiger partial charge in [0.1, 0.15) is 0 Å². The zero-order valence-electron chi connectivity index (χ0n) is 12.4. The van der Waals surface area contributed by atoms with Gasteiger partial charge in [0.05, 0.1) is 12.5 Å². The number of carbonyl (C=O) groups is 1. The SMILES string of the molecule is COC(=O)C(C)(C)CNCC(C)(C)CN(C)C. The van der Waals surface area contributed by atoms with Gasteiger partial charge in [-0.1, -0.05) is 13.8 Å². The molecule has 0 bridgehead atoms. The number of methoxy groups -OCH3 is 1. The molecule has 0 unspecified atom stereocenters. The van der Waals surface area contributed by atoms with E-state index in [1.165, 1.54) is 7.11 Å². The highest BCUT2D eigenvalue weighted by atomic mass is 16.5. The largest absolute Gasteiger partial charge is 0.469 e. The first-order chi connectivity index (χ1) is 7.60. The van der Waals surface area contributed by atoms with Crippen molar-refractivity contribution in [2.24, 2.45) is 10.8 Å². The van der Waals surface area contributed by atoms with E-state index in [1.807, 2.05) is 13.8 Å². The van der Waals surface area contributed by atoms with Gasteiger partial charge in [-0.15, -0.1) is 0 Å². The lowest BCUT2D eigenvalue weighted by molar-refractivity contribution is -0.150. The molecule has 1 N–H and O–H groups in total. The van der Waals surface area contributed by atoms with Crippen molar-refractivity contribution in [2.45, 2.75) is 27.7 Å². The van der Waals surface area contributed by atoms with Crippen molar-refractivity contribution in [3.63, 3.8) is 0 Å². The Hall–Kier alpha value is -0.610. The van der Waals surface area contributed by atoms with E-state index < -0.39 is 5.41 Å². The van der Waals surface area contributed by atoms with Crippen LogP contribution in [0.5, 0.6) is 0 Å². The molecule has 4 nitrogen and oxygen atoms in total. The Morgan fingerprint density at radius 2 is 1.71 bits per heavy atom. The fourth-order valence-electron chi connectivity index (χ4n) is 1.97. The maximum atomic E-state index is 11.5. The molecule has 0 aliphatic heterocycles. The summed E-state index contributed by atoms with van der Waals surface area (Å²) in [4.78, 5) is 13.7. The number of esters is 1. The quantitative estimate of drug-likeness (QED) is 0.687. The molecule has 0 fully saturated rings. The van der Waals surface area contributed by atoms with Crippen molar-refractivity contribution in [2.75, 3.05) is 40.8 Å². The summed E-state index contributed by atoms with van der Waals surface area (Å²) < 4.78 is 4.78. The van der Waals surface area contributed by atoms with Crippen LogP contribution in [0.25, 0.3) is 0 Å². The van der Waals surface area contributed by atoms with Gasteiger partial charge in [-0.25, -0.2) is 0 Å². The maximum Gasteiger partial charge on any atom is 0.312 e. The van der Waals surface area contributed by atoms with E-state index >= 15 is 0 Å². The van der Waals surface area contributed by atoms with Crippen LogP contribution in [0.15, 0.2) is 0 Å². The molecule has 0 aliphatic carbocycles. The van der Waals surface area contributed by atoms with E-state index in [2.05, 4.69) is 38.2 Å². The van der Waals surface area contributed by atoms with Crippen LogP contribution in [0, 0.1) is 10.8 Å². The maximum absolute atomic E-state index is 11.5. The third-order valence-corrected chi connectivity index (χ3v) is 2.65. The Morgan fingerprint density at radius 1 is 1.18 bits per heavy atom. The van der Waals surface area contributed by atoms with E-state index in [0.29, 0.717) is 6.54 Å². The summed E-state index contributed by atoms with van der Waals surface area (Å²) in [5.41, 5.74) is -0.279. The van der Waals surface area contributed by atoms with Gasteiger partial charge in [0.25, 0.3) is 0 Å². The molecule has 0 aliphatic rings. The summed E-state index contributed by atoms with van der Waals surface area (Å²) in [7, 11) is 5.57. The van der Waals surface area contributed by atoms with Gasteiger partial charge in [-0.3, -0.25) is 4.79 Å². The fourth-order valence-corrected chi connectivity index (χ4v) is 1.97. The van der Waals surface area contributed by atoms with Crippen LogP contribution in [0.1, 0.15) is 27.7 Å². The van der Waals surface area contributed by atoms with Crippen molar-refractivity contribution in [3.05, 3.63) is 0 Å². The third-order valence-electron chi connectivity index (χ3n) is 2.65. The van der Waals surface area contributed by atoms with E-state index in [9.17, 15) is 4.79 Å². The van der Waals surface area contributed by atoms with Crippen LogP contribution in [-0.4, -0.2) is 51.7 Å². The van der Waals surface area contributed by atoms with Crippen molar-refractivity contribution < 1.29 is 9.53 Å². The Bertz CT molecular complexity index is 248. The molecule has 0 saturated heterocycles. The van der Waals surface area contributed by atoms with Crippen LogP contribution < -0.4 is 5.32 Å². The molecule has 0 heterocycles. The molecule has 0 aromatic rings. The number of carbonyl (C=O) groups excluding carboxylic acids is 1. The minimum atomic E-state index is -0.469. The molecule has 0 saturated carbocycles. The molecule has 0 atom stereocenters. The average molecular weight is 244 g/mol. The molecule has 0 aromatic carbocycles. The first-order valence-corrected chi connectivity index (χ1v) is 6.04. The number of rotatable bonds is 7. The first kappa shape index (κ1) is 16.4. The lowest BCUT2D eigenvalue weighted by atomic mass is 9.90. The van der Waals surface area contributed by atoms with Crippen molar-refractivity contribution in [3.8, 4) is 0 Å². The monoisotopic (exact) mass is 244 g/mol. The molecule has 0 rings (SSSR count). The van der Waals surface area contributed by atoms with E-state index in [-0.39, 0.29) is 11.4 Å². The van der Waals surface area contributed by atoms with E-state index in [0.717, 1.165) is 13.1 Å². The van der Waals surface area contributed by atoms with Crippen molar-refractivity contribution in [1.82, 2.24) is 10.2 Å². The first-order valence-electron chi connectivity index (χ1n) is 6.04. The van der Waals surface area contributed by atoms with Crippen LogP contribution in [0.2, 0.25) is 0 Å². The minimum absolute atomic E-state index is 0.171. The smallest absolute Gasteiger partial charge is 0.312 e. The summed E-state index contributed by atoms with van der Waals surface area (Å²) in [6, 6.07) is 0. The second-order valence-electron chi connectivity index (χ2n) is 6.38. The number of hydrogen-bond donors (Lipinski definition) is 1. The van der Waals surface area contributed by atoms with Crippen LogP contribution >= 0.6 is 0 Å². The second kappa shape index (κ2) is 6.36. The molecular weight excluding hydrogens is 216 g/mol. The Balaban J connectivity index is 4.10. The minimum Gasteiger partial charge on any atom is -0.469 e. The zero-order chi connectivity index (χ0) is 13.7. The normalized spacial score (nSPS) is 12.9. The highest BCUT2D eigenvalue weighted by Crippen LogP contribution is 2.18. The standard InChI is InChI=1S/C13H28N2O2/c1-12(2,10-15(5)6)8-14-9-13(3,4)11(16)17-7/h14H,8-10H2,1-7H3. The van der Waals surface area contributed by atoms with Gasteiger partial charge in [0.15, 0.2) is 0 Å². The summed E-state index contributed by atoms with van der Waals surface area (Å²) in [6.45, 7) is 10.7. The highest BCUT2D eigenvalue weighted by Gasteiger charge is 2.29.